The molecule has 1 aliphatic rings. The van der Waals surface area contributed by atoms with E-state index < -0.39 is 4.33 Å². The smallest absolute Gasteiger partial charge is 0.145 e. The lowest BCUT2D eigenvalue weighted by Gasteiger charge is -2.12. The summed E-state index contributed by atoms with van der Waals surface area (Å²) in [5.41, 5.74) is 1.52. The Morgan fingerprint density at radius 3 is 2.67 bits per heavy atom. The molecule has 1 heterocycles. The molecule has 1 atom stereocenters. The summed E-state index contributed by atoms with van der Waals surface area (Å²) in [5, 5.41) is 8.21. The summed E-state index contributed by atoms with van der Waals surface area (Å²) in [4.78, 5) is 0. The molecule has 1 aromatic carbocycles. The van der Waals surface area contributed by atoms with Gasteiger partial charge in [0.1, 0.15) is 9.85 Å². The molecule has 0 bridgehead atoms. The maximum Gasteiger partial charge on any atom is 0.145 e. The molecule has 0 aliphatic heterocycles. The van der Waals surface area contributed by atoms with Gasteiger partial charge in [-0.1, -0.05) is 40.5 Å². The van der Waals surface area contributed by atoms with Crippen LogP contribution in [0.3, 0.4) is 0 Å². The molecule has 0 N–H and O–H groups in total. The maximum absolute atomic E-state index is 6.12. The first-order valence-electron chi connectivity index (χ1n) is 4.73. The molecular formula is C10H9Cl2N3. The molecule has 1 fully saturated rings. The van der Waals surface area contributed by atoms with E-state index >= 15 is 0 Å². The predicted octanol–water partition coefficient (Wildman–Crippen LogP) is 2.72. The number of para-hydroxylation sites is 1. The van der Waals surface area contributed by atoms with Crippen molar-refractivity contribution in [2.45, 2.75) is 23.2 Å². The zero-order chi connectivity index (χ0) is 10.7. The summed E-state index contributed by atoms with van der Waals surface area (Å²) in [7, 11) is 0. The van der Waals surface area contributed by atoms with E-state index in [0.717, 1.165) is 11.0 Å². The number of aromatic nitrogens is 3. The van der Waals surface area contributed by atoms with Gasteiger partial charge in [0.2, 0.25) is 0 Å². The topological polar surface area (TPSA) is 30.7 Å². The summed E-state index contributed by atoms with van der Waals surface area (Å²) in [5.74, 6) is 0. The Kier molecular flexibility index (Phi) is 1.67. The van der Waals surface area contributed by atoms with E-state index in [-0.39, 0.29) is 5.54 Å². The third-order valence-electron chi connectivity index (χ3n) is 3.05. The highest BCUT2D eigenvalue weighted by atomic mass is 35.5. The zero-order valence-electron chi connectivity index (χ0n) is 8.11. The number of alkyl halides is 2. The molecule has 3 nitrogen and oxygen atoms in total. The van der Waals surface area contributed by atoms with Gasteiger partial charge in [-0.05, 0) is 19.1 Å². The quantitative estimate of drug-likeness (QED) is 0.720. The van der Waals surface area contributed by atoms with E-state index in [0.29, 0.717) is 6.42 Å². The summed E-state index contributed by atoms with van der Waals surface area (Å²) >= 11 is 12.2. The van der Waals surface area contributed by atoms with E-state index in [4.69, 9.17) is 23.2 Å². The average molecular weight is 242 g/mol. The normalized spacial score (nSPS) is 28.2. The number of rotatable bonds is 1. The summed E-state index contributed by atoms with van der Waals surface area (Å²) in [6.45, 7) is 1.99. The molecule has 1 saturated carbocycles. The van der Waals surface area contributed by atoms with E-state index in [2.05, 4.69) is 10.3 Å². The second kappa shape index (κ2) is 2.66. The Bertz CT molecular complexity index is 534. The van der Waals surface area contributed by atoms with Gasteiger partial charge < -0.3 is 0 Å². The van der Waals surface area contributed by atoms with Crippen molar-refractivity contribution >= 4 is 34.2 Å². The number of halogens is 2. The lowest BCUT2D eigenvalue weighted by molar-refractivity contribution is 0.467. The van der Waals surface area contributed by atoms with Crippen molar-refractivity contribution in [3.8, 4) is 0 Å². The van der Waals surface area contributed by atoms with Crippen LogP contribution in [-0.4, -0.2) is 19.3 Å². The Hall–Kier alpha value is -0.800. The van der Waals surface area contributed by atoms with Crippen LogP contribution in [0.1, 0.15) is 13.3 Å². The average Bonchev–Trinajstić information content (AvgIpc) is 2.61. The Labute approximate surface area is 97.0 Å². The first-order chi connectivity index (χ1) is 7.05. The second-order valence-electron chi connectivity index (χ2n) is 4.15. The predicted molar refractivity (Wildman–Crippen MR) is 60.2 cm³/mol. The van der Waals surface area contributed by atoms with Crippen molar-refractivity contribution in [1.82, 2.24) is 15.0 Å². The lowest BCUT2D eigenvalue weighted by atomic mass is 10.2. The van der Waals surface area contributed by atoms with Gasteiger partial charge in [0.05, 0.1) is 11.1 Å². The zero-order valence-corrected chi connectivity index (χ0v) is 9.63. The highest BCUT2D eigenvalue weighted by Crippen LogP contribution is 2.61. The van der Waals surface area contributed by atoms with Crippen LogP contribution < -0.4 is 0 Å². The van der Waals surface area contributed by atoms with Gasteiger partial charge in [0.25, 0.3) is 0 Å². The monoisotopic (exact) mass is 241 g/mol. The summed E-state index contributed by atoms with van der Waals surface area (Å²) < 4.78 is 1.10. The fourth-order valence-electron chi connectivity index (χ4n) is 1.85. The third kappa shape index (κ3) is 1.13. The molecule has 78 valence electrons. The first-order valence-corrected chi connectivity index (χ1v) is 5.49. The van der Waals surface area contributed by atoms with E-state index in [1.165, 1.54) is 0 Å². The molecule has 15 heavy (non-hydrogen) atoms. The molecule has 0 radical (unpaired) electrons. The highest BCUT2D eigenvalue weighted by Gasteiger charge is 2.66. The molecule has 0 spiro atoms. The largest absolute Gasteiger partial charge is 0.236 e. The molecule has 1 aliphatic carbocycles. The number of hydrogen-bond donors (Lipinski definition) is 0. The fraction of sp³-hybridized carbons (Fsp3) is 0.400. The molecule has 0 amide bonds. The van der Waals surface area contributed by atoms with Crippen molar-refractivity contribution in [2.75, 3.05) is 0 Å². The molecule has 0 saturated heterocycles. The molecule has 2 aromatic rings. The molecule has 5 heteroatoms. The fourth-order valence-corrected chi connectivity index (χ4v) is 2.53. The Morgan fingerprint density at radius 1 is 1.33 bits per heavy atom. The number of fused-ring (bicyclic) bond motifs is 1. The van der Waals surface area contributed by atoms with Crippen LogP contribution in [0.5, 0.6) is 0 Å². The maximum atomic E-state index is 6.12. The summed E-state index contributed by atoms with van der Waals surface area (Å²) in [6, 6.07) is 7.79. The van der Waals surface area contributed by atoms with Crippen LogP contribution in [0.15, 0.2) is 24.3 Å². The minimum atomic E-state index is -0.719. The van der Waals surface area contributed by atoms with Crippen LogP contribution in [0, 0.1) is 0 Å². The molecule has 3 rings (SSSR count). The van der Waals surface area contributed by atoms with E-state index in [1.54, 1.807) is 0 Å². The van der Waals surface area contributed by atoms with Crippen LogP contribution in [0.4, 0.5) is 0 Å². The molecule has 0 unspecified atom stereocenters. The Balaban J connectivity index is 2.21. The second-order valence-corrected chi connectivity index (χ2v) is 5.63. The first kappa shape index (κ1) is 9.43. The van der Waals surface area contributed by atoms with Gasteiger partial charge in [-0.2, -0.15) is 0 Å². The molecule has 1 aromatic heterocycles. The third-order valence-corrected chi connectivity index (χ3v) is 4.13. The van der Waals surface area contributed by atoms with Crippen LogP contribution in [0.2, 0.25) is 0 Å². The van der Waals surface area contributed by atoms with Gasteiger partial charge >= 0.3 is 0 Å². The summed E-state index contributed by atoms with van der Waals surface area (Å²) in [6.07, 6.45) is 0.705. The lowest BCUT2D eigenvalue weighted by Crippen LogP contribution is -2.21. The highest BCUT2D eigenvalue weighted by molar-refractivity contribution is 6.51. The van der Waals surface area contributed by atoms with Gasteiger partial charge in [0.15, 0.2) is 0 Å². The minimum Gasteiger partial charge on any atom is -0.236 e. The van der Waals surface area contributed by atoms with Crippen molar-refractivity contribution < 1.29 is 0 Å². The standard InChI is InChI=1S/C10H9Cl2N3/c1-9(6-10(9,11)12)15-8-5-3-2-4-7(8)13-14-15/h2-5H,6H2,1H3/t9-/m1/s1. The SMILES string of the molecule is C[C@@]1(n2nnc3ccccc32)CC1(Cl)Cl. The number of benzene rings is 1. The van der Waals surface area contributed by atoms with Gasteiger partial charge in [-0.25, -0.2) is 4.68 Å². The minimum absolute atomic E-state index is 0.327. The van der Waals surface area contributed by atoms with Gasteiger partial charge in [0, 0.05) is 6.42 Å². The van der Waals surface area contributed by atoms with E-state index in [9.17, 15) is 0 Å². The van der Waals surface area contributed by atoms with Gasteiger partial charge in [-0.3, -0.25) is 0 Å². The number of nitrogens with zero attached hydrogens (tertiary/aromatic N) is 3. The van der Waals surface area contributed by atoms with Crippen molar-refractivity contribution in [3.05, 3.63) is 24.3 Å². The van der Waals surface area contributed by atoms with Crippen LogP contribution in [0.25, 0.3) is 11.0 Å². The van der Waals surface area contributed by atoms with Gasteiger partial charge in [-0.15, -0.1) is 5.10 Å². The van der Waals surface area contributed by atoms with Crippen molar-refractivity contribution in [3.63, 3.8) is 0 Å². The van der Waals surface area contributed by atoms with Crippen molar-refractivity contribution in [2.24, 2.45) is 0 Å². The number of hydrogen-bond acceptors (Lipinski definition) is 2. The molecular weight excluding hydrogens is 233 g/mol. The van der Waals surface area contributed by atoms with E-state index in [1.807, 2.05) is 35.9 Å². The van der Waals surface area contributed by atoms with Crippen LogP contribution in [-0.2, 0) is 5.54 Å². The van der Waals surface area contributed by atoms with Crippen LogP contribution >= 0.6 is 23.2 Å². The Morgan fingerprint density at radius 2 is 2.00 bits per heavy atom. The van der Waals surface area contributed by atoms with Crippen molar-refractivity contribution in [1.29, 1.82) is 0 Å².